The standard InChI is InChI=1S/C17H14N2O.ClH/c20-17(12-19-11-10-18-13-19)16-9-5-4-8-15(16)14-6-2-1-3-7-14;/h1-11,13H,12H2;1H. The van der Waals surface area contributed by atoms with E-state index in [9.17, 15) is 4.79 Å². The van der Waals surface area contributed by atoms with Gasteiger partial charge >= 0.3 is 0 Å². The zero-order valence-corrected chi connectivity index (χ0v) is 12.1. The SMILES string of the molecule is O=C(C[NH+]1C=CN=C1)c1ccccc1-c1ccccc1.[Cl-]. The maximum Gasteiger partial charge on any atom is 0.218 e. The van der Waals surface area contributed by atoms with Crippen molar-refractivity contribution in [2.45, 2.75) is 0 Å². The van der Waals surface area contributed by atoms with Gasteiger partial charge in [0.05, 0.1) is 6.20 Å². The Bertz CT molecular complexity index is 668. The number of hydrogen-bond donors (Lipinski definition) is 1. The smallest absolute Gasteiger partial charge is 0.218 e. The van der Waals surface area contributed by atoms with E-state index >= 15 is 0 Å². The molecular formula is C17H15ClN2O. The first kappa shape index (κ1) is 15.2. The number of quaternary nitrogens is 1. The van der Waals surface area contributed by atoms with E-state index < -0.39 is 0 Å². The molecular weight excluding hydrogens is 284 g/mol. The van der Waals surface area contributed by atoms with Crippen LogP contribution in [0.1, 0.15) is 10.4 Å². The predicted octanol–water partition coefficient (Wildman–Crippen LogP) is -1.06. The van der Waals surface area contributed by atoms with Crippen molar-refractivity contribution in [2.75, 3.05) is 6.54 Å². The van der Waals surface area contributed by atoms with Crippen LogP contribution in [0.4, 0.5) is 0 Å². The van der Waals surface area contributed by atoms with Gasteiger partial charge in [-0.15, -0.1) is 0 Å². The molecule has 0 saturated heterocycles. The van der Waals surface area contributed by atoms with Gasteiger partial charge < -0.3 is 12.4 Å². The number of halogens is 1. The third-order valence-electron chi connectivity index (χ3n) is 3.29. The van der Waals surface area contributed by atoms with E-state index in [0.29, 0.717) is 6.54 Å². The molecule has 3 rings (SSSR count). The fourth-order valence-electron chi connectivity index (χ4n) is 2.30. The average Bonchev–Trinajstić information content (AvgIpc) is 3.01. The molecule has 21 heavy (non-hydrogen) atoms. The molecule has 1 unspecified atom stereocenters. The highest BCUT2D eigenvalue weighted by atomic mass is 35.5. The Balaban J connectivity index is 0.00000161. The van der Waals surface area contributed by atoms with Crippen LogP contribution in [-0.4, -0.2) is 18.7 Å². The van der Waals surface area contributed by atoms with Gasteiger partial charge in [-0.2, -0.15) is 0 Å². The summed E-state index contributed by atoms with van der Waals surface area (Å²) < 4.78 is 0. The lowest BCUT2D eigenvalue weighted by molar-refractivity contribution is -0.725. The Morgan fingerprint density at radius 3 is 2.43 bits per heavy atom. The minimum absolute atomic E-state index is 0. The summed E-state index contributed by atoms with van der Waals surface area (Å²) in [6.45, 7) is 0.393. The first-order valence-electron chi connectivity index (χ1n) is 6.58. The fourth-order valence-corrected chi connectivity index (χ4v) is 2.30. The molecule has 0 fully saturated rings. The lowest BCUT2D eigenvalue weighted by Gasteiger charge is -2.10. The van der Waals surface area contributed by atoms with Crippen molar-refractivity contribution in [3.63, 3.8) is 0 Å². The molecule has 4 heteroatoms. The molecule has 2 aromatic carbocycles. The van der Waals surface area contributed by atoms with Crippen LogP contribution < -0.4 is 17.3 Å². The molecule has 0 saturated carbocycles. The van der Waals surface area contributed by atoms with Crippen molar-refractivity contribution >= 4 is 12.1 Å². The van der Waals surface area contributed by atoms with Crippen molar-refractivity contribution in [2.24, 2.45) is 4.99 Å². The minimum Gasteiger partial charge on any atom is -1.00 e. The van der Waals surface area contributed by atoms with Crippen LogP contribution in [0.25, 0.3) is 11.1 Å². The largest absolute Gasteiger partial charge is 1.00 e. The number of carbonyl (C=O) groups is 1. The molecule has 1 aliphatic rings. The van der Waals surface area contributed by atoms with Gasteiger partial charge in [0.25, 0.3) is 0 Å². The number of nitrogens with one attached hydrogen (secondary N) is 1. The predicted molar refractivity (Wildman–Crippen MR) is 79.7 cm³/mol. The Labute approximate surface area is 130 Å². The lowest BCUT2D eigenvalue weighted by atomic mass is 9.97. The highest BCUT2D eigenvalue weighted by molar-refractivity contribution is 6.03. The lowest BCUT2D eigenvalue weighted by Crippen LogP contribution is -3.06. The molecule has 0 aromatic heterocycles. The van der Waals surface area contributed by atoms with Crippen LogP contribution in [0.2, 0.25) is 0 Å². The summed E-state index contributed by atoms with van der Waals surface area (Å²) in [5.41, 5.74) is 2.81. The van der Waals surface area contributed by atoms with Gasteiger partial charge in [-0.1, -0.05) is 54.6 Å². The summed E-state index contributed by atoms with van der Waals surface area (Å²) in [7, 11) is 0. The Morgan fingerprint density at radius 2 is 1.71 bits per heavy atom. The number of hydrogen-bond acceptors (Lipinski definition) is 2. The molecule has 0 radical (unpaired) electrons. The molecule has 1 heterocycles. The van der Waals surface area contributed by atoms with Gasteiger partial charge in [-0.05, 0) is 11.1 Å². The van der Waals surface area contributed by atoms with E-state index in [1.165, 1.54) is 0 Å². The highest BCUT2D eigenvalue weighted by Gasteiger charge is 2.17. The van der Waals surface area contributed by atoms with Gasteiger partial charge in [-0.25, -0.2) is 4.99 Å². The zero-order valence-electron chi connectivity index (χ0n) is 11.4. The third-order valence-corrected chi connectivity index (χ3v) is 3.29. The second-order valence-electron chi connectivity index (χ2n) is 4.68. The topological polar surface area (TPSA) is 33.9 Å². The van der Waals surface area contributed by atoms with Crippen molar-refractivity contribution in [1.29, 1.82) is 0 Å². The third kappa shape index (κ3) is 3.45. The number of benzene rings is 2. The van der Waals surface area contributed by atoms with Gasteiger partial charge in [0, 0.05) is 5.56 Å². The van der Waals surface area contributed by atoms with Crippen molar-refractivity contribution in [3.8, 4) is 11.1 Å². The average molecular weight is 299 g/mol. The number of ketones is 1. The summed E-state index contributed by atoms with van der Waals surface area (Å²) in [6, 6.07) is 17.7. The van der Waals surface area contributed by atoms with Crippen molar-refractivity contribution in [3.05, 3.63) is 72.6 Å². The number of aliphatic imine (C=N–C) groups is 1. The summed E-state index contributed by atoms with van der Waals surface area (Å²) in [5, 5.41) is 0. The summed E-state index contributed by atoms with van der Waals surface area (Å²) in [6.07, 6.45) is 5.33. The number of rotatable bonds is 4. The fraction of sp³-hybridized carbons (Fsp3) is 0.0588. The van der Waals surface area contributed by atoms with Crippen molar-refractivity contribution in [1.82, 2.24) is 0 Å². The second-order valence-corrected chi connectivity index (χ2v) is 4.68. The Hall–Kier alpha value is -2.23. The van der Waals surface area contributed by atoms with Gasteiger partial charge in [0.1, 0.15) is 6.20 Å². The van der Waals surface area contributed by atoms with Crippen molar-refractivity contribution < 1.29 is 22.1 Å². The van der Waals surface area contributed by atoms with E-state index in [0.717, 1.165) is 21.6 Å². The monoisotopic (exact) mass is 298 g/mol. The van der Waals surface area contributed by atoms with E-state index in [4.69, 9.17) is 0 Å². The first-order valence-corrected chi connectivity index (χ1v) is 6.58. The normalized spacial score (nSPS) is 15.7. The van der Waals surface area contributed by atoms with E-state index in [1.54, 1.807) is 12.5 Å². The van der Waals surface area contributed by atoms with Crippen LogP contribution in [0.5, 0.6) is 0 Å². The summed E-state index contributed by atoms with van der Waals surface area (Å²) >= 11 is 0. The van der Waals surface area contributed by atoms with Crippen LogP contribution in [0.3, 0.4) is 0 Å². The van der Waals surface area contributed by atoms with Crippen LogP contribution in [-0.2, 0) is 0 Å². The molecule has 0 bridgehead atoms. The molecule has 1 aliphatic heterocycles. The molecule has 3 nitrogen and oxygen atoms in total. The Morgan fingerprint density at radius 1 is 1.00 bits per heavy atom. The maximum atomic E-state index is 12.5. The molecule has 0 amide bonds. The summed E-state index contributed by atoms with van der Waals surface area (Å²) in [4.78, 5) is 17.4. The van der Waals surface area contributed by atoms with E-state index in [-0.39, 0.29) is 18.2 Å². The van der Waals surface area contributed by atoms with Crippen LogP contribution in [0.15, 0.2) is 72.0 Å². The maximum absolute atomic E-state index is 12.5. The van der Waals surface area contributed by atoms with Gasteiger partial charge in [0.15, 0.2) is 12.9 Å². The zero-order chi connectivity index (χ0) is 13.8. The number of carbonyl (C=O) groups excluding carboxylic acids is 1. The molecule has 2 aromatic rings. The second kappa shape index (κ2) is 6.97. The number of Topliss-reactive ketones (excluding diaryl/α,β-unsaturated/α-hetero) is 1. The molecule has 1 N–H and O–H groups in total. The molecule has 0 aliphatic carbocycles. The minimum atomic E-state index is 0. The van der Waals surface area contributed by atoms with Crippen LogP contribution >= 0.6 is 0 Å². The molecule has 1 atom stereocenters. The first-order chi connectivity index (χ1) is 9.84. The number of nitrogens with zero attached hydrogens (tertiary/aromatic N) is 1. The molecule has 106 valence electrons. The van der Waals surface area contributed by atoms with Gasteiger partial charge in [-0.3, -0.25) is 9.69 Å². The van der Waals surface area contributed by atoms with Crippen LogP contribution in [0, 0.1) is 0 Å². The molecule has 0 spiro atoms. The van der Waals surface area contributed by atoms with E-state index in [1.807, 2.05) is 60.8 Å². The quantitative estimate of drug-likeness (QED) is 0.717. The van der Waals surface area contributed by atoms with Gasteiger partial charge in [0.2, 0.25) is 5.78 Å². The summed E-state index contributed by atoms with van der Waals surface area (Å²) in [5.74, 6) is 0.123. The van der Waals surface area contributed by atoms with E-state index in [2.05, 4.69) is 4.99 Å². The highest BCUT2D eigenvalue weighted by Crippen LogP contribution is 2.23. The Kier molecular flexibility index (Phi) is 5.04.